The highest BCUT2D eigenvalue weighted by atomic mass is 79.9. The van der Waals surface area contributed by atoms with Gasteiger partial charge in [0.05, 0.1) is 12.5 Å². The van der Waals surface area contributed by atoms with Crippen molar-refractivity contribution in [3.63, 3.8) is 0 Å². The molecule has 0 bridgehead atoms. The average molecular weight is 427 g/mol. The third-order valence-electron chi connectivity index (χ3n) is 4.01. The molecule has 2 N–H and O–H groups in total. The summed E-state index contributed by atoms with van der Waals surface area (Å²) in [5, 5.41) is 9.57. The predicted molar refractivity (Wildman–Crippen MR) is 102 cm³/mol. The minimum atomic E-state index is -0.461. The zero-order valence-electron chi connectivity index (χ0n) is 13.9. The van der Waals surface area contributed by atoms with Crippen LogP contribution < -0.4 is 5.48 Å². The molecule has 1 unspecified atom stereocenters. The van der Waals surface area contributed by atoms with E-state index in [1.165, 1.54) is 0 Å². The van der Waals surface area contributed by atoms with Crippen LogP contribution in [-0.4, -0.2) is 23.8 Å². The summed E-state index contributed by atoms with van der Waals surface area (Å²) < 4.78 is 6.84. The third kappa shape index (κ3) is 6.12. The van der Waals surface area contributed by atoms with E-state index < -0.39 is 5.91 Å². The molecule has 2 aromatic rings. The van der Waals surface area contributed by atoms with Gasteiger partial charge in [0, 0.05) is 22.0 Å². The number of nitrogens with one attached hydrogen (secondary N) is 1. The molecule has 2 rings (SSSR count). The van der Waals surface area contributed by atoms with Gasteiger partial charge in [0.25, 0.3) is 0 Å². The van der Waals surface area contributed by atoms with E-state index in [-0.39, 0.29) is 18.4 Å². The van der Waals surface area contributed by atoms with Crippen LogP contribution in [0.5, 0.6) is 0 Å². The molecule has 0 radical (unpaired) electrons. The molecule has 0 fully saturated rings. The fraction of sp³-hybridized carbons (Fsp3) is 0.316. The summed E-state index contributed by atoms with van der Waals surface area (Å²) >= 11 is 9.42. The maximum Gasteiger partial charge on any atom is 0.245 e. The van der Waals surface area contributed by atoms with E-state index in [0.717, 1.165) is 15.6 Å². The molecular weight excluding hydrogens is 406 g/mol. The topological polar surface area (TPSA) is 58.6 Å². The van der Waals surface area contributed by atoms with Crippen molar-refractivity contribution in [1.29, 1.82) is 0 Å². The Hall–Kier alpha value is -1.40. The van der Waals surface area contributed by atoms with Crippen LogP contribution in [0.1, 0.15) is 30.4 Å². The Morgan fingerprint density at radius 3 is 2.40 bits per heavy atom. The van der Waals surface area contributed by atoms with Gasteiger partial charge in [0.1, 0.15) is 0 Å². The molecule has 0 aliphatic carbocycles. The van der Waals surface area contributed by atoms with Crippen molar-refractivity contribution in [3.05, 3.63) is 69.2 Å². The van der Waals surface area contributed by atoms with E-state index in [4.69, 9.17) is 21.5 Å². The van der Waals surface area contributed by atoms with Gasteiger partial charge in [-0.25, -0.2) is 5.48 Å². The van der Waals surface area contributed by atoms with E-state index in [1.54, 1.807) is 5.48 Å². The zero-order chi connectivity index (χ0) is 18.2. The molecule has 0 saturated heterocycles. The summed E-state index contributed by atoms with van der Waals surface area (Å²) in [5.74, 6) is -0.497. The number of amides is 1. The number of hydrogen-bond donors (Lipinski definition) is 2. The van der Waals surface area contributed by atoms with E-state index >= 15 is 0 Å². The summed E-state index contributed by atoms with van der Waals surface area (Å²) in [4.78, 5) is 11.7. The van der Waals surface area contributed by atoms with Crippen LogP contribution in [0.4, 0.5) is 0 Å². The van der Waals surface area contributed by atoms with Crippen LogP contribution in [0.25, 0.3) is 0 Å². The molecule has 0 spiro atoms. The molecule has 2 aromatic carbocycles. The second-order valence-electron chi connectivity index (χ2n) is 5.72. The van der Waals surface area contributed by atoms with Crippen molar-refractivity contribution >= 4 is 33.4 Å². The Bertz CT molecular complexity index is 676. The highest BCUT2D eigenvalue weighted by Crippen LogP contribution is 2.30. The normalized spacial score (nSPS) is 13.3. The Morgan fingerprint density at radius 2 is 1.84 bits per heavy atom. The number of halogens is 2. The number of benzene rings is 2. The zero-order valence-corrected chi connectivity index (χ0v) is 16.3. The molecule has 2 atom stereocenters. The second-order valence-corrected chi connectivity index (χ2v) is 7.07. The van der Waals surface area contributed by atoms with E-state index in [2.05, 4.69) is 15.9 Å². The first kappa shape index (κ1) is 19.9. The minimum Gasteiger partial charge on any atom is -0.377 e. The number of carbonyl (C=O) groups excluding carboxylic acids is 1. The summed E-state index contributed by atoms with van der Waals surface area (Å²) in [7, 11) is 0. The maximum absolute atomic E-state index is 11.7. The highest BCUT2D eigenvalue weighted by molar-refractivity contribution is 9.10. The Kier molecular flexibility index (Phi) is 7.90. The molecule has 0 aliphatic rings. The van der Waals surface area contributed by atoms with Crippen molar-refractivity contribution in [2.45, 2.75) is 31.8 Å². The molecule has 1 amide bonds. The summed E-state index contributed by atoms with van der Waals surface area (Å²) in [6.45, 7) is 2.38. The predicted octanol–water partition coefficient (Wildman–Crippen LogP) is 4.73. The highest BCUT2D eigenvalue weighted by Gasteiger charge is 2.26. The van der Waals surface area contributed by atoms with Crippen molar-refractivity contribution < 1.29 is 14.7 Å². The van der Waals surface area contributed by atoms with Gasteiger partial charge in [-0.3, -0.25) is 10.0 Å². The smallest absolute Gasteiger partial charge is 0.245 e. The van der Waals surface area contributed by atoms with Crippen molar-refractivity contribution in [3.8, 4) is 0 Å². The van der Waals surface area contributed by atoms with Crippen molar-refractivity contribution in [2.24, 2.45) is 0 Å². The first-order valence-corrected chi connectivity index (χ1v) is 9.25. The van der Waals surface area contributed by atoms with Crippen LogP contribution in [0, 0.1) is 0 Å². The van der Waals surface area contributed by atoms with Gasteiger partial charge in [0.2, 0.25) is 5.91 Å². The minimum absolute atomic E-state index is 0.0356. The van der Waals surface area contributed by atoms with Gasteiger partial charge < -0.3 is 4.74 Å². The number of hydrogen-bond acceptors (Lipinski definition) is 3. The van der Waals surface area contributed by atoms with E-state index in [1.807, 2.05) is 55.5 Å². The quantitative estimate of drug-likeness (QED) is 0.474. The molecule has 25 heavy (non-hydrogen) atoms. The van der Waals surface area contributed by atoms with E-state index in [0.29, 0.717) is 18.1 Å². The van der Waals surface area contributed by atoms with Crippen LogP contribution in [-0.2, 0) is 16.0 Å². The monoisotopic (exact) mass is 425 g/mol. The lowest BCUT2D eigenvalue weighted by atomic mass is 9.85. The molecule has 0 heterocycles. The van der Waals surface area contributed by atoms with Gasteiger partial charge in [0.15, 0.2) is 0 Å². The molecule has 134 valence electrons. The molecule has 0 aromatic heterocycles. The molecule has 4 nitrogen and oxygen atoms in total. The van der Waals surface area contributed by atoms with Gasteiger partial charge in [-0.2, -0.15) is 0 Å². The second kappa shape index (κ2) is 9.92. The Morgan fingerprint density at radius 1 is 1.20 bits per heavy atom. The standard InChI is InChI=1S/C19H21BrClNO3/c1-2-25-18(12-19(23)22-24)17(14-5-7-15(20)8-6-14)11-13-3-9-16(21)10-4-13/h3-10,17-18,24H,2,11-12H2,1H3,(H,22,23)/t17-,18?/m1/s1. The van der Waals surface area contributed by atoms with Crippen LogP contribution in [0.2, 0.25) is 5.02 Å². The maximum atomic E-state index is 11.7. The first-order chi connectivity index (χ1) is 12.0. The van der Waals surface area contributed by atoms with Gasteiger partial charge in [-0.1, -0.05) is 51.8 Å². The van der Waals surface area contributed by atoms with Gasteiger partial charge in [-0.05, 0) is 48.7 Å². The van der Waals surface area contributed by atoms with Crippen LogP contribution >= 0.6 is 27.5 Å². The Balaban J connectivity index is 2.32. The van der Waals surface area contributed by atoms with E-state index in [9.17, 15) is 4.79 Å². The SMILES string of the molecule is CCOC(CC(=O)NO)[C@H](Cc1ccc(Cl)cc1)c1ccc(Br)cc1. The lowest BCUT2D eigenvalue weighted by Crippen LogP contribution is -2.31. The summed E-state index contributed by atoms with van der Waals surface area (Å²) in [6, 6.07) is 15.6. The summed E-state index contributed by atoms with van der Waals surface area (Å²) in [5.41, 5.74) is 3.87. The Labute approximate surface area is 161 Å². The number of hydroxylamine groups is 1. The average Bonchev–Trinajstić information content (AvgIpc) is 2.61. The first-order valence-electron chi connectivity index (χ1n) is 8.08. The lowest BCUT2D eigenvalue weighted by molar-refractivity contribution is -0.132. The fourth-order valence-electron chi connectivity index (χ4n) is 2.81. The fourth-order valence-corrected chi connectivity index (χ4v) is 3.20. The molecule has 0 saturated carbocycles. The van der Waals surface area contributed by atoms with Gasteiger partial charge >= 0.3 is 0 Å². The third-order valence-corrected chi connectivity index (χ3v) is 4.79. The van der Waals surface area contributed by atoms with Crippen molar-refractivity contribution in [2.75, 3.05) is 6.61 Å². The van der Waals surface area contributed by atoms with Crippen LogP contribution in [0.3, 0.4) is 0 Å². The number of carbonyl (C=O) groups is 1. The van der Waals surface area contributed by atoms with Crippen molar-refractivity contribution in [1.82, 2.24) is 5.48 Å². The number of rotatable bonds is 8. The summed E-state index contributed by atoms with van der Waals surface area (Å²) in [6.07, 6.45) is 0.426. The molecular formula is C19H21BrClNO3. The largest absolute Gasteiger partial charge is 0.377 e. The van der Waals surface area contributed by atoms with Crippen LogP contribution in [0.15, 0.2) is 53.0 Å². The molecule has 6 heteroatoms. The number of ether oxygens (including phenoxy) is 1. The van der Waals surface area contributed by atoms with Gasteiger partial charge in [-0.15, -0.1) is 0 Å². The molecule has 0 aliphatic heterocycles. The lowest BCUT2D eigenvalue weighted by Gasteiger charge is -2.27.